The molecule has 0 radical (unpaired) electrons. The van der Waals surface area contributed by atoms with Gasteiger partial charge in [-0.15, -0.1) is 0 Å². The molecule has 2 aromatic rings. The largest absolute Gasteiger partial charge is 0.490 e. The van der Waals surface area contributed by atoms with Crippen LogP contribution in [0.15, 0.2) is 36.4 Å². The van der Waals surface area contributed by atoms with Crippen molar-refractivity contribution in [3.63, 3.8) is 0 Å². The van der Waals surface area contributed by atoms with Gasteiger partial charge in [-0.3, -0.25) is 29.8 Å². The minimum atomic E-state index is -1.37. The molecule has 3 amide bonds. The minimum absolute atomic E-state index is 0.0519. The van der Waals surface area contributed by atoms with Crippen LogP contribution in [0.5, 0.6) is 5.75 Å². The van der Waals surface area contributed by atoms with Crippen molar-refractivity contribution >= 4 is 46.5 Å². The Morgan fingerprint density at radius 1 is 1.20 bits per heavy atom. The summed E-state index contributed by atoms with van der Waals surface area (Å²) in [6, 6.07) is 9.43. The first kappa shape index (κ1) is 23.3. The molecule has 10 nitrogen and oxygen atoms in total. The maximum absolute atomic E-state index is 14.0. The highest BCUT2D eigenvalue weighted by Crippen LogP contribution is 2.54. The molecule has 5 rings (SSSR count). The molecule has 2 N–H and O–H groups in total. The van der Waals surface area contributed by atoms with Gasteiger partial charge in [0.1, 0.15) is 5.54 Å². The number of hydrogen-bond acceptors (Lipinski definition) is 8. The summed E-state index contributed by atoms with van der Waals surface area (Å²) in [5, 5.41) is 17.7. The first-order chi connectivity index (χ1) is 16.8. The van der Waals surface area contributed by atoms with E-state index in [2.05, 4.69) is 10.6 Å². The van der Waals surface area contributed by atoms with E-state index in [1.165, 1.54) is 19.2 Å². The summed E-state index contributed by atoms with van der Waals surface area (Å²) in [6.45, 7) is 1.60. The lowest BCUT2D eigenvalue weighted by Crippen LogP contribution is -2.53. The van der Waals surface area contributed by atoms with Gasteiger partial charge in [0, 0.05) is 29.4 Å². The first-order valence-electron chi connectivity index (χ1n) is 11.1. The number of aryl methyl sites for hydroxylation is 1. The number of ether oxygens (including phenoxy) is 1. The normalized spacial score (nSPS) is 26.8. The summed E-state index contributed by atoms with van der Waals surface area (Å²) in [6.07, 6.45) is 2.55. The average molecular weight is 497 g/mol. The molecule has 2 fully saturated rings. The quantitative estimate of drug-likeness (QED) is 0.355. The van der Waals surface area contributed by atoms with Gasteiger partial charge in [0.05, 0.1) is 29.6 Å². The molecule has 2 saturated heterocycles. The van der Waals surface area contributed by atoms with E-state index >= 15 is 0 Å². The zero-order chi connectivity index (χ0) is 25.1. The Kier molecular flexibility index (Phi) is 5.56. The molecule has 2 aromatic carbocycles. The maximum atomic E-state index is 14.0. The Labute approximate surface area is 205 Å². The maximum Gasteiger partial charge on any atom is 0.311 e. The van der Waals surface area contributed by atoms with Gasteiger partial charge in [-0.1, -0.05) is 18.2 Å². The van der Waals surface area contributed by atoms with Gasteiger partial charge >= 0.3 is 5.69 Å². The zero-order valence-electron chi connectivity index (χ0n) is 19.4. The fraction of sp³-hybridized carbons (Fsp3) is 0.375. The molecule has 0 unspecified atom stereocenters. The molecule has 0 aromatic heterocycles. The van der Waals surface area contributed by atoms with Gasteiger partial charge in [0.2, 0.25) is 17.7 Å². The van der Waals surface area contributed by atoms with Crippen molar-refractivity contribution in [2.45, 2.75) is 24.9 Å². The molecule has 3 aliphatic heterocycles. The molecule has 11 heteroatoms. The number of nitrogens with one attached hydrogen (secondary N) is 2. The van der Waals surface area contributed by atoms with Crippen LogP contribution in [0.3, 0.4) is 0 Å². The number of nitro groups is 1. The summed E-state index contributed by atoms with van der Waals surface area (Å²) in [4.78, 5) is 53.3. The Morgan fingerprint density at radius 2 is 1.94 bits per heavy atom. The van der Waals surface area contributed by atoms with Gasteiger partial charge in [0.15, 0.2) is 5.75 Å². The van der Waals surface area contributed by atoms with Crippen LogP contribution in [-0.4, -0.2) is 47.8 Å². The van der Waals surface area contributed by atoms with Crippen LogP contribution in [-0.2, 0) is 19.9 Å². The number of para-hydroxylation sites is 1. The Bertz CT molecular complexity index is 1280. The van der Waals surface area contributed by atoms with Crippen LogP contribution in [0.2, 0.25) is 0 Å². The van der Waals surface area contributed by atoms with Crippen molar-refractivity contribution in [3.8, 4) is 5.75 Å². The average Bonchev–Trinajstić information content (AvgIpc) is 3.42. The number of amides is 3. The topological polar surface area (TPSA) is 131 Å². The highest BCUT2D eigenvalue weighted by Gasteiger charge is 2.70. The summed E-state index contributed by atoms with van der Waals surface area (Å²) >= 11 is 1.62. The third-order valence-electron chi connectivity index (χ3n) is 7.19. The number of fused-ring (bicyclic) bond motifs is 4. The number of rotatable bonds is 6. The van der Waals surface area contributed by atoms with Crippen molar-refractivity contribution in [1.29, 1.82) is 0 Å². The van der Waals surface area contributed by atoms with E-state index in [1.807, 2.05) is 6.26 Å². The van der Waals surface area contributed by atoms with Gasteiger partial charge in [-0.25, -0.2) is 4.90 Å². The predicted octanol–water partition coefficient (Wildman–Crippen LogP) is 2.59. The zero-order valence-corrected chi connectivity index (χ0v) is 20.2. The van der Waals surface area contributed by atoms with Crippen molar-refractivity contribution in [1.82, 2.24) is 5.32 Å². The molecule has 3 heterocycles. The number of hydrogen-bond donors (Lipinski definition) is 2. The number of carbonyl (C=O) groups excluding carboxylic acids is 3. The van der Waals surface area contributed by atoms with Gasteiger partial charge in [-0.2, -0.15) is 11.8 Å². The van der Waals surface area contributed by atoms with Crippen molar-refractivity contribution in [2.75, 3.05) is 29.3 Å². The number of nitrogens with zero attached hydrogens (tertiary/aromatic N) is 2. The predicted molar refractivity (Wildman–Crippen MR) is 131 cm³/mol. The smallest absolute Gasteiger partial charge is 0.311 e. The Morgan fingerprint density at radius 3 is 2.63 bits per heavy atom. The van der Waals surface area contributed by atoms with Crippen LogP contribution < -0.4 is 20.3 Å². The van der Waals surface area contributed by atoms with Gasteiger partial charge in [0.25, 0.3) is 0 Å². The van der Waals surface area contributed by atoms with Crippen molar-refractivity contribution in [3.05, 3.63) is 57.6 Å². The number of nitro benzene ring substituents is 1. The van der Waals surface area contributed by atoms with Crippen LogP contribution in [0.1, 0.15) is 17.5 Å². The van der Waals surface area contributed by atoms with Gasteiger partial charge < -0.3 is 10.1 Å². The molecule has 0 saturated carbocycles. The number of thioether (sulfide) groups is 1. The number of anilines is 2. The molecule has 3 aliphatic rings. The summed E-state index contributed by atoms with van der Waals surface area (Å²) < 4.78 is 5.19. The third-order valence-corrected chi connectivity index (χ3v) is 7.83. The van der Waals surface area contributed by atoms with E-state index in [4.69, 9.17) is 4.74 Å². The summed E-state index contributed by atoms with van der Waals surface area (Å²) in [5.41, 5.74) is 0.243. The molecule has 1 spiro atoms. The molecule has 4 atom stereocenters. The highest BCUT2D eigenvalue weighted by atomic mass is 32.2. The number of carbonyl (C=O) groups is 3. The molecular formula is C24H24N4O6S. The second kappa shape index (κ2) is 8.35. The van der Waals surface area contributed by atoms with E-state index in [0.717, 1.165) is 10.7 Å². The number of benzene rings is 2. The van der Waals surface area contributed by atoms with E-state index in [0.29, 0.717) is 23.2 Å². The second-order valence-corrected chi connectivity index (χ2v) is 9.91. The monoisotopic (exact) mass is 496 g/mol. The highest BCUT2D eigenvalue weighted by molar-refractivity contribution is 7.98. The Balaban J connectivity index is 1.66. The summed E-state index contributed by atoms with van der Waals surface area (Å²) in [5.74, 6) is -2.31. The van der Waals surface area contributed by atoms with E-state index in [9.17, 15) is 24.5 Å². The van der Waals surface area contributed by atoms with Crippen LogP contribution in [0.4, 0.5) is 17.1 Å². The lowest BCUT2D eigenvalue weighted by atomic mass is 9.76. The lowest BCUT2D eigenvalue weighted by Gasteiger charge is -2.30. The van der Waals surface area contributed by atoms with Crippen LogP contribution in [0, 0.1) is 28.9 Å². The standard InChI is InChI=1S/C24H24N4O6S/c1-12-10-17(28(32)33)18(34-2)11-16(12)27-21(29)19-15(8-9-35-3)26-24(20(19)22(27)30)13-6-4-5-7-14(13)25-23(24)31/h4-7,10-11,15,19-20,26H,8-9H2,1-3H3,(H,25,31)/t15-,19+,20-,24+/m0/s1. The number of methoxy groups -OCH3 is 1. The van der Waals surface area contributed by atoms with E-state index in [-0.39, 0.29) is 23.0 Å². The fourth-order valence-electron chi connectivity index (χ4n) is 5.70. The molecule has 0 aliphatic carbocycles. The summed E-state index contributed by atoms with van der Waals surface area (Å²) in [7, 11) is 1.29. The van der Waals surface area contributed by atoms with Crippen molar-refractivity contribution in [2.24, 2.45) is 11.8 Å². The Hall–Kier alpha value is -3.44. The molecule has 182 valence electrons. The van der Waals surface area contributed by atoms with Crippen LogP contribution in [0.25, 0.3) is 0 Å². The van der Waals surface area contributed by atoms with E-state index < -0.39 is 40.2 Å². The van der Waals surface area contributed by atoms with Crippen molar-refractivity contribution < 1.29 is 24.0 Å². The molecule has 0 bridgehead atoms. The molecular weight excluding hydrogens is 472 g/mol. The lowest BCUT2D eigenvalue weighted by molar-refractivity contribution is -0.385. The van der Waals surface area contributed by atoms with Crippen LogP contribution >= 0.6 is 11.8 Å². The minimum Gasteiger partial charge on any atom is -0.490 e. The van der Waals surface area contributed by atoms with Gasteiger partial charge in [-0.05, 0) is 37.0 Å². The first-order valence-corrected chi connectivity index (χ1v) is 12.5. The number of imide groups is 1. The third kappa shape index (κ3) is 3.18. The SMILES string of the molecule is COc1cc(N2C(=O)[C@@H]3[C@H](CCSC)N[C@@]4(C(=O)Nc5ccccc54)[C@@H]3C2=O)c(C)cc1[N+](=O)[O-]. The fourth-order valence-corrected chi connectivity index (χ4v) is 6.19. The van der Waals surface area contributed by atoms with E-state index in [1.54, 1.807) is 43.0 Å². The molecule has 35 heavy (non-hydrogen) atoms. The second-order valence-electron chi connectivity index (χ2n) is 8.92.